The third-order valence-corrected chi connectivity index (χ3v) is 5.00. The molecule has 6 nitrogen and oxygen atoms in total. The van der Waals surface area contributed by atoms with Crippen molar-refractivity contribution in [2.75, 3.05) is 32.8 Å². The molecule has 132 valence electrons. The number of rotatable bonds is 3. The fraction of sp³-hybridized carbons (Fsp3) is 0.474. The van der Waals surface area contributed by atoms with Gasteiger partial charge in [0.2, 0.25) is 5.90 Å². The third-order valence-electron chi connectivity index (χ3n) is 5.00. The van der Waals surface area contributed by atoms with Gasteiger partial charge in [0.25, 0.3) is 0 Å². The van der Waals surface area contributed by atoms with E-state index in [1.807, 2.05) is 36.5 Å². The Kier molecular flexibility index (Phi) is 4.81. The zero-order valence-corrected chi connectivity index (χ0v) is 14.2. The van der Waals surface area contributed by atoms with E-state index in [0.717, 1.165) is 51.2 Å². The summed E-state index contributed by atoms with van der Waals surface area (Å²) in [7, 11) is 0. The van der Waals surface area contributed by atoms with E-state index in [-0.39, 0.29) is 5.97 Å². The van der Waals surface area contributed by atoms with Gasteiger partial charge in [-0.25, -0.2) is 9.79 Å². The number of nitrogens with one attached hydrogen (secondary N) is 1. The lowest BCUT2D eigenvalue weighted by atomic mass is 9.90. The molecule has 1 aromatic carbocycles. The van der Waals surface area contributed by atoms with Gasteiger partial charge in [-0.1, -0.05) is 18.2 Å². The van der Waals surface area contributed by atoms with Crippen molar-refractivity contribution < 1.29 is 14.3 Å². The van der Waals surface area contributed by atoms with Gasteiger partial charge in [-0.3, -0.25) is 0 Å². The van der Waals surface area contributed by atoms with E-state index >= 15 is 0 Å². The highest BCUT2D eigenvalue weighted by Crippen LogP contribution is 2.25. The number of carbonyl (C=O) groups excluding carboxylic acids is 1. The molecule has 0 radical (unpaired) electrons. The SMILES string of the molecule is O=C1OC(c2ccccc2)=NC1=CN1CCC(C2CNCCO2)CC1. The number of esters is 1. The zero-order valence-electron chi connectivity index (χ0n) is 14.2. The molecule has 4 rings (SSSR count). The second-order valence-corrected chi connectivity index (χ2v) is 6.67. The smallest absolute Gasteiger partial charge is 0.365 e. The first-order valence-corrected chi connectivity index (χ1v) is 8.94. The Labute approximate surface area is 147 Å². The summed E-state index contributed by atoms with van der Waals surface area (Å²) >= 11 is 0. The lowest BCUT2D eigenvalue weighted by Crippen LogP contribution is -2.45. The Morgan fingerprint density at radius 2 is 2.00 bits per heavy atom. The monoisotopic (exact) mass is 341 g/mol. The van der Waals surface area contributed by atoms with Crippen molar-refractivity contribution in [2.24, 2.45) is 10.9 Å². The van der Waals surface area contributed by atoms with E-state index < -0.39 is 0 Å². The van der Waals surface area contributed by atoms with Crippen LogP contribution in [0.25, 0.3) is 0 Å². The highest BCUT2D eigenvalue weighted by atomic mass is 16.6. The summed E-state index contributed by atoms with van der Waals surface area (Å²) in [4.78, 5) is 18.6. The molecule has 3 aliphatic heterocycles. The van der Waals surface area contributed by atoms with Gasteiger partial charge in [0.1, 0.15) is 0 Å². The van der Waals surface area contributed by atoms with Crippen molar-refractivity contribution in [2.45, 2.75) is 18.9 Å². The molecule has 1 aromatic rings. The predicted octanol–water partition coefficient (Wildman–Crippen LogP) is 1.53. The molecule has 1 atom stereocenters. The van der Waals surface area contributed by atoms with Crippen molar-refractivity contribution in [1.82, 2.24) is 10.2 Å². The Balaban J connectivity index is 1.38. The van der Waals surface area contributed by atoms with Crippen LogP contribution >= 0.6 is 0 Å². The van der Waals surface area contributed by atoms with Gasteiger partial charge >= 0.3 is 5.97 Å². The Bertz CT molecular complexity index is 672. The van der Waals surface area contributed by atoms with Gasteiger partial charge in [0.05, 0.1) is 12.7 Å². The Morgan fingerprint density at radius 1 is 1.20 bits per heavy atom. The maximum atomic E-state index is 12.1. The third kappa shape index (κ3) is 3.75. The first-order valence-electron chi connectivity index (χ1n) is 8.94. The number of hydrogen-bond acceptors (Lipinski definition) is 6. The van der Waals surface area contributed by atoms with Gasteiger partial charge in [-0.2, -0.15) is 0 Å². The standard InChI is InChI=1S/C19H23N3O3/c23-19-16(21-18(25-19)15-4-2-1-3-5-15)13-22-9-6-14(7-10-22)17-12-20-8-11-24-17/h1-5,13-14,17,20H,6-12H2. The molecule has 0 aromatic heterocycles. The van der Waals surface area contributed by atoms with Gasteiger partial charge < -0.3 is 19.7 Å². The minimum Gasteiger partial charge on any atom is -0.402 e. The number of cyclic esters (lactones) is 1. The van der Waals surface area contributed by atoms with Crippen LogP contribution in [0.3, 0.4) is 0 Å². The molecule has 25 heavy (non-hydrogen) atoms. The lowest BCUT2D eigenvalue weighted by molar-refractivity contribution is -0.130. The van der Waals surface area contributed by atoms with Crippen LogP contribution in [0.5, 0.6) is 0 Å². The van der Waals surface area contributed by atoms with E-state index in [1.54, 1.807) is 0 Å². The highest BCUT2D eigenvalue weighted by Gasteiger charge is 2.29. The van der Waals surface area contributed by atoms with Crippen LogP contribution in [-0.4, -0.2) is 55.7 Å². The van der Waals surface area contributed by atoms with Crippen molar-refractivity contribution in [3.05, 3.63) is 47.8 Å². The molecule has 1 unspecified atom stereocenters. The summed E-state index contributed by atoms with van der Waals surface area (Å²) in [6, 6.07) is 9.51. The molecule has 1 N–H and O–H groups in total. The quantitative estimate of drug-likeness (QED) is 0.667. The number of hydrogen-bond donors (Lipinski definition) is 1. The van der Waals surface area contributed by atoms with Crippen LogP contribution in [-0.2, 0) is 14.3 Å². The van der Waals surface area contributed by atoms with Crippen molar-refractivity contribution in [3.8, 4) is 0 Å². The molecule has 2 saturated heterocycles. The zero-order chi connectivity index (χ0) is 17.1. The summed E-state index contributed by atoms with van der Waals surface area (Å²) in [5.74, 6) is 0.593. The van der Waals surface area contributed by atoms with Crippen molar-refractivity contribution >= 4 is 11.9 Å². The van der Waals surface area contributed by atoms with Crippen LogP contribution in [0.2, 0.25) is 0 Å². The summed E-state index contributed by atoms with van der Waals surface area (Å²) in [5, 5.41) is 3.40. The number of nitrogens with zero attached hydrogens (tertiary/aromatic N) is 2. The van der Waals surface area contributed by atoms with Crippen molar-refractivity contribution in [1.29, 1.82) is 0 Å². The van der Waals surface area contributed by atoms with Gasteiger partial charge in [-0.15, -0.1) is 0 Å². The predicted molar refractivity (Wildman–Crippen MR) is 94.1 cm³/mol. The minimum atomic E-state index is -0.374. The first kappa shape index (κ1) is 16.3. The van der Waals surface area contributed by atoms with Gasteiger partial charge in [0, 0.05) is 37.9 Å². The van der Waals surface area contributed by atoms with E-state index in [9.17, 15) is 4.79 Å². The lowest BCUT2D eigenvalue weighted by Gasteiger charge is -2.37. The van der Waals surface area contributed by atoms with Gasteiger partial charge in [0.15, 0.2) is 5.70 Å². The average molecular weight is 341 g/mol. The van der Waals surface area contributed by atoms with E-state index in [1.165, 1.54) is 0 Å². The normalized spacial score (nSPS) is 26.6. The maximum Gasteiger partial charge on any atom is 0.365 e. The van der Waals surface area contributed by atoms with Crippen LogP contribution in [0.15, 0.2) is 47.2 Å². The highest BCUT2D eigenvalue weighted by molar-refractivity contribution is 6.11. The van der Waals surface area contributed by atoms with Crippen molar-refractivity contribution in [3.63, 3.8) is 0 Å². The molecule has 0 spiro atoms. The molecular formula is C19H23N3O3. The minimum absolute atomic E-state index is 0.322. The van der Waals surface area contributed by atoms with Crippen LogP contribution in [0, 0.1) is 5.92 Å². The molecular weight excluding hydrogens is 318 g/mol. The summed E-state index contributed by atoms with van der Waals surface area (Å²) in [6.07, 6.45) is 4.30. The molecule has 3 aliphatic rings. The number of likely N-dealkylation sites (tertiary alicyclic amines) is 1. The topological polar surface area (TPSA) is 63.2 Å². The molecule has 0 amide bonds. The number of benzene rings is 1. The number of ether oxygens (including phenoxy) is 2. The Morgan fingerprint density at radius 3 is 2.72 bits per heavy atom. The maximum absolute atomic E-state index is 12.1. The van der Waals surface area contributed by atoms with Crippen LogP contribution < -0.4 is 5.32 Å². The average Bonchev–Trinajstić information content (AvgIpc) is 3.04. The number of aliphatic imine (C=N–C) groups is 1. The van der Waals surface area contributed by atoms with E-state index in [4.69, 9.17) is 9.47 Å². The summed E-state index contributed by atoms with van der Waals surface area (Å²) in [5.41, 5.74) is 1.20. The van der Waals surface area contributed by atoms with E-state index in [0.29, 0.717) is 23.6 Å². The molecule has 0 aliphatic carbocycles. The summed E-state index contributed by atoms with van der Waals surface area (Å²) in [6.45, 7) is 4.53. The molecule has 6 heteroatoms. The Hall–Kier alpha value is -2.18. The summed E-state index contributed by atoms with van der Waals surface area (Å²) < 4.78 is 11.2. The van der Waals surface area contributed by atoms with Crippen LogP contribution in [0.4, 0.5) is 0 Å². The number of carbonyl (C=O) groups is 1. The van der Waals surface area contributed by atoms with E-state index in [2.05, 4.69) is 15.2 Å². The fourth-order valence-corrected chi connectivity index (χ4v) is 3.59. The second kappa shape index (κ2) is 7.37. The molecule has 0 bridgehead atoms. The molecule has 3 heterocycles. The molecule has 0 saturated carbocycles. The fourth-order valence-electron chi connectivity index (χ4n) is 3.59. The first-order chi connectivity index (χ1) is 12.3. The molecule has 2 fully saturated rings. The number of morpholine rings is 1. The van der Waals surface area contributed by atoms with Crippen LogP contribution in [0.1, 0.15) is 18.4 Å². The second-order valence-electron chi connectivity index (χ2n) is 6.67. The van der Waals surface area contributed by atoms with Gasteiger partial charge in [-0.05, 0) is 30.9 Å². The number of piperidine rings is 1. The largest absolute Gasteiger partial charge is 0.402 e.